The molecule has 0 bridgehead atoms. The van der Waals surface area contributed by atoms with E-state index in [0.29, 0.717) is 5.75 Å². The Labute approximate surface area is 114 Å². The van der Waals surface area contributed by atoms with Crippen LogP contribution in [0, 0.1) is 0 Å². The number of anilines is 1. The average molecular weight is 262 g/mol. The van der Waals surface area contributed by atoms with Crippen molar-refractivity contribution in [3.8, 4) is 5.75 Å². The molecule has 3 rings (SSSR count). The molecular formula is C14H22N4O. The smallest absolute Gasteiger partial charge is 0.143 e. The van der Waals surface area contributed by atoms with Gasteiger partial charge in [0.05, 0.1) is 5.69 Å². The molecule has 0 aliphatic carbocycles. The summed E-state index contributed by atoms with van der Waals surface area (Å²) in [6, 6.07) is 6.28. The van der Waals surface area contributed by atoms with Gasteiger partial charge in [0.25, 0.3) is 0 Å². The minimum Gasteiger partial charge on any atom is -0.505 e. The number of nitrogens with one attached hydrogen (secondary N) is 3. The second-order valence-corrected chi connectivity index (χ2v) is 5.16. The summed E-state index contributed by atoms with van der Waals surface area (Å²) in [5.74, 6) is 0.436. The van der Waals surface area contributed by atoms with Crippen molar-refractivity contribution >= 4 is 5.69 Å². The Balaban J connectivity index is 1.84. The van der Waals surface area contributed by atoms with Crippen molar-refractivity contribution in [1.82, 2.24) is 16.0 Å². The fraction of sp³-hybridized carbons (Fsp3) is 0.571. The molecule has 0 spiro atoms. The van der Waals surface area contributed by atoms with Gasteiger partial charge in [-0.1, -0.05) is 12.1 Å². The number of piperazine rings is 2. The van der Waals surface area contributed by atoms with Crippen molar-refractivity contribution in [2.24, 2.45) is 0 Å². The number of rotatable bonds is 2. The highest BCUT2D eigenvalue weighted by Gasteiger charge is 2.21. The minimum absolute atomic E-state index is 0.205. The first-order chi connectivity index (χ1) is 9.36. The minimum atomic E-state index is 0.205. The van der Waals surface area contributed by atoms with Crippen LogP contribution in [0.1, 0.15) is 11.6 Å². The van der Waals surface area contributed by atoms with E-state index in [4.69, 9.17) is 0 Å². The van der Waals surface area contributed by atoms with Gasteiger partial charge in [-0.15, -0.1) is 0 Å². The standard InChI is InChI=1S/C14H22N4O/c19-14-11(12-10-16-4-5-17-12)2-1-3-13(14)18-8-6-15-7-9-18/h1-3,12,15-17,19H,4-10H2/t12-/m0/s1. The summed E-state index contributed by atoms with van der Waals surface area (Å²) in [4.78, 5) is 2.26. The van der Waals surface area contributed by atoms with Crippen LogP contribution in [-0.2, 0) is 0 Å². The fourth-order valence-corrected chi connectivity index (χ4v) is 2.86. The summed E-state index contributed by atoms with van der Waals surface area (Å²) in [6.45, 7) is 6.68. The van der Waals surface area contributed by atoms with Crippen LogP contribution in [0.15, 0.2) is 18.2 Å². The predicted octanol–water partition coefficient (Wildman–Crippen LogP) is 0.0357. The van der Waals surface area contributed by atoms with E-state index in [1.165, 1.54) is 0 Å². The van der Waals surface area contributed by atoms with Crippen LogP contribution in [0.4, 0.5) is 5.69 Å². The molecule has 0 aromatic heterocycles. The molecule has 5 nitrogen and oxygen atoms in total. The molecule has 0 saturated carbocycles. The number of para-hydroxylation sites is 1. The third-order valence-electron chi connectivity index (χ3n) is 3.92. The highest BCUT2D eigenvalue weighted by molar-refractivity contribution is 5.62. The molecule has 19 heavy (non-hydrogen) atoms. The molecule has 1 atom stereocenters. The molecular weight excluding hydrogens is 240 g/mol. The Morgan fingerprint density at radius 3 is 2.63 bits per heavy atom. The van der Waals surface area contributed by atoms with Gasteiger partial charge in [0.1, 0.15) is 5.75 Å². The second-order valence-electron chi connectivity index (χ2n) is 5.16. The third-order valence-corrected chi connectivity index (χ3v) is 3.92. The third kappa shape index (κ3) is 2.68. The van der Waals surface area contributed by atoms with Gasteiger partial charge in [0.2, 0.25) is 0 Å². The molecule has 1 aromatic rings. The van der Waals surface area contributed by atoms with E-state index in [-0.39, 0.29) is 6.04 Å². The number of hydrogen-bond acceptors (Lipinski definition) is 5. The summed E-state index contributed by atoms with van der Waals surface area (Å²) in [7, 11) is 0. The van der Waals surface area contributed by atoms with Crippen molar-refractivity contribution in [3.05, 3.63) is 23.8 Å². The molecule has 2 fully saturated rings. The monoisotopic (exact) mass is 262 g/mol. The zero-order valence-electron chi connectivity index (χ0n) is 11.2. The lowest BCUT2D eigenvalue weighted by Gasteiger charge is -2.32. The fourth-order valence-electron chi connectivity index (χ4n) is 2.86. The molecule has 2 saturated heterocycles. The van der Waals surface area contributed by atoms with Crippen LogP contribution in [-0.4, -0.2) is 50.9 Å². The molecule has 2 aliphatic rings. The molecule has 0 radical (unpaired) electrons. The molecule has 5 heteroatoms. The van der Waals surface area contributed by atoms with E-state index in [9.17, 15) is 5.11 Å². The summed E-state index contributed by atoms with van der Waals surface area (Å²) in [5, 5.41) is 20.7. The zero-order chi connectivity index (χ0) is 13.1. The Kier molecular flexibility index (Phi) is 3.87. The summed E-state index contributed by atoms with van der Waals surface area (Å²) >= 11 is 0. The number of aromatic hydroxyl groups is 1. The van der Waals surface area contributed by atoms with Gasteiger partial charge < -0.3 is 26.0 Å². The maximum atomic E-state index is 10.6. The van der Waals surface area contributed by atoms with Gasteiger partial charge in [0, 0.05) is 57.4 Å². The van der Waals surface area contributed by atoms with E-state index in [0.717, 1.165) is 57.1 Å². The van der Waals surface area contributed by atoms with Crippen LogP contribution in [0.3, 0.4) is 0 Å². The Morgan fingerprint density at radius 2 is 1.89 bits per heavy atom. The van der Waals surface area contributed by atoms with Crippen LogP contribution in [0.2, 0.25) is 0 Å². The number of phenolic OH excluding ortho intramolecular Hbond substituents is 1. The van der Waals surface area contributed by atoms with Crippen molar-refractivity contribution in [2.75, 3.05) is 50.7 Å². The zero-order valence-corrected chi connectivity index (χ0v) is 11.2. The van der Waals surface area contributed by atoms with E-state index >= 15 is 0 Å². The largest absolute Gasteiger partial charge is 0.505 e. The lowest BCUT2D eigenvalue weighted by molar-refractivity contribution is 0.404. The summed E-state index contributed by atoms with van der Waals surface area (Å²) in [5.41, 5.74) is 1.97. The topological polar surface area (TPSA) is 59.6 Å². The molecule has 1 aromatic carbocycles. The number of nitrogens with zero attached hydrogens (tertiary/aromatic N) is 1. The highest BCUT2D eigenvalue weighted by atomic mass is 16.3. The summed E-state index contributed by atoms with van der Waals surface area (Å²) < 4.78 is 0. The van der Waals surface area contributed by atoms with Gasteiger partial charge in [0.15, 0.2) is 0 Å². The normalized spacial score (nSPS) is 24.4. The van der Waals surface area contributed by atoms with Crippen LogP contribution < -0.4 is 20.9 Å². The maximum absolute atomic E-state index is 10.6. The van der Waals surface area contributed by atoms with Gasteiger partial charge in [-0.2, -0.15) is 0 Å². The number of hydrogen-bond donors (Lipinski definition) is 4. The van der Waals surface area contributed by atoms with Gasteiger partial charge in [-0.25, -0.2) is 0 Å². The lowest BCUT2D eigenvalue weighted by Crippen LogP contribution is -2.44. The average Bonchev–Trinajstić information content (AvgIpc) is 2.49. The lowest BCUT2D eigenvalue weighted by atomic mass is 10.0. The molecule has 2 aliphatic heterocycles. The first kappa shape index (κ1) is 12.7. The Hall–Kier alpha value is -1.30. The van der Waals surface area contributed by atoms with Crippen molar-refractivity contribution in [1.29, 1.82) is 0 Å². The second kappa shape index (κ2) is 5.77. The summed E-state index contributed by atoms with van der Waals surface area (Å²) in [6.07, 6.45) is 0. The van der Waals surface area contributed by atoms with Crippen LogP contribution >= 0.6 is 0 Å². The van der Waals surface area contributed by atoms with Crippen molar-refractivity contribution in [2.45, 2.75) is 6.04 Å². The first-order valence-corrected chi connectivity index (χ1v) is 7.08. The van der Waals surface area contributed by atoms with Crippen molar-refractivity contribution in [3.63, 3.8) is 0 Å². The van der Waals surface area contributed by atoms with Gasteiger partial charge >= 0.3 is 0 Å². The maximum Gasteiger partial charge on any atom is 0.143 e. The van der Waals surface area contributed by atoms with E-state index < -0.39 is 0 Å². The van der Waals surface area contributed by atoms with E-state index in [2.05, 4.69) is 20.9 Å². The van der Waals surface area contributed by atoms with E-state index in [1.807, 2.05) is 18.2 Å². The van der Waals surface area contributed by atoms with Crippen LogP contribution in [0.25, 0.3) is 0 Å². The number of phenols is 1. The molecule has 104 valence electrons. The molecule has 0 unspecified atom stereocenters. The molecule has 2 heterocycles. The first-order valence-electron chi connectivity index (χ1n) is 7.08. The van der Waals surface area contributed by atoms with Crippen LogP contribution in [0.5, 0.6) is 5.75 Å². The number of benzene rings is 1. The predicted molar refractivity (Wildman–Crippen MR) is 76.8 cm³/mol. The molecule has 0 amide bonds. The van der Waals surface area contributed by atoms with Crippen molar-refractivity contribution < 1.29 is 5.11 Å². The Bertz CT molecular complexity index is 389. The van der Waals surface area contributed by atoms with Gasteiger partial charge in [-0.3, -0.25) is 0 Å². The Morgan fingerprint density at radius 1 is 1.05 bits per heavy atom. The van der Waals surface area contributed by atoms with E-state index in [1.54, 1.807) is 0 Å². The van der Waals surface area contributed by atoms with Gasteiger partial charge in [-0.05, 0) is 6.07 Å². The SMILES string of the molecule is Oc1c([C@@H]2CNCCN2)cccc1N1CCNCC1. The quantitative estimate of drug-likeness (QED) is 0.606. The highest BCUT2D eigenvalue weighted by Crippen LogP contribution is 2.34. The molecule has 4 N–H and O–H groups in total.